The Balaban J connectivity index is 2.24. The van der Waals surface area contributed by atoms with E-state index >= 15 is 0 Å². The van der Waals surface area contributed by atoms with E-state index in [9.17, 15) is 19.7 Å². The first-order chi connectivity index (χ1) is 9.47. The van der Waals surface area contributed by atoms with E-state index in [1.807, 2.05) is 0 Å². The van der Waals surface area contributed by atoms with Gasteiger partial charge in [0.15, 0.2) is 0 Å². The third-order valence-electron chi connectivity index (χ3n) is 2.48. The second kappa shape index (κ2) is 5.53. The molecule has 0 bridgehead atoms. The van der Waals surface area contributed by atoms with Crippen molar-refractivity contribution >= 4 is 28.7 Å². The van der Waals surface area contributed by atoms with Crippen molar-refractivity contribution in [3.05, 3.63) is 54.6 Å². The summed E-state index contributed by atoms with van der Waals surface area (Å²) in [7, 11) is 0. The van der Waals surface area contributed by atoms with Gasteiger partial charge in [-0.1, -0.05) is 11.3 Å². The number of thiazole rings is 1. The highest BCUT2D eigenvalue weighted by Gasteiger charge is 2.17. The standard InChI is InChI=1S/C11H9N3O5S/c15-10(16)6-1-2-8(9(3-6)14(18)19)12-4-7-5-20-11(17)13-7/h1-3,5,12H,4H2,(H,13,17)(H,15,16). The number of rotatable bonds is 5. The third-order valence-corrected chi connectivity index (χ3v) is 3.20. The Kier molecular flexibility index (Phi) is 3.80. The molecule has 0 aliphatic carbocycles. The lowest BCUT2D eigenvalue weighted by Gasteiger charge is -2.06. The maximum Gasteiger partial charge on any atom is 0.335 e. The summed E-state index contributed by atoms with van der Waals surface area (Å²) in [5.41, 5.74) is 0.289. The molecule has 3 N–H and O–H groups in total. The van der Waals surface area contributed by atoms with Crippen LogP contribution >= 0.6 is 11.3 Å². The number of aromatic nitrogens is 1. The van der Waals surface area contributed by atoms with Crippen LogP contribution in [0.1, 0.15) is 16.1 Å². The number of carboxylic acid groups (broad SMARTS) is 1. The Labute approximate surface area is 115 Å². The Bertz CT molecular complexity index is 721. The lowest BCUT2D eigenvalue weighted by Crippen LogP contribution is -2.06. The fraction of sp³-hybridized carbons (Fsp3) is 0.0909. The normalized spacial score (nSPS) is 10.2. The van der Waals surface area contributed by atoms with Crippen LogP contribution in [0.25, 0.3) is 0 Å². The predicted molar refractivity (Wildman–Crippen MR) is 72.3 cm³/mol. The second-order valence-electron chi connectivity index (χ2n) is 3.82. The van der Waals surface area contributed by atoms with Crippen molar-refractivity contribution in [1.29, 1.82) is 0 Å². The van der Waals surface area contributed by atoms with Crippen LogP contribution in [0.3, 0.4) is 0 Å². The number of benzene rings is 1. The first-order valence-corrected chi connectivity index (χ1v) is 6.27. The van der Waals surface area contributed by atoms with Crippen LogP contribution in [0.2, 0.25) is 0 Å². The van der Waals surface area contributed by atoms with E-state index in [-0.39, 0.29) is 28.4 Å². The number of nitro benzene ring substituents is 1. The first kappa shape index (κ1) is 13.7. The molecule has 0 unspecified atom stereocenters. The molecule has 0 aliphatic rings. The third kappa shape index (κ3) is 3.01. The molecule has 0 atom stereocenters. The van der Waals surface area contributed by atoms with Crippen LogP contribution < -0.4 is 10.2 Å². The van der Waals surface area contributed by atoms with Gasteiger partial charge < -0.3 is 15.4 Å². The zero-order valence-corrected chi connectivity index (χ0v) is 10.8. The number of H-pyrrole nitrogens is 1. The molecule has 0 radical (unpaired) electrons. The molecule has 1 aromatic heterocycles. The van der Waals surface area contributed by atoms with E-state index in [1.54, 1.807) is 5.38 Å². The lowest BCUT2D eigenvalue weighted by molar-refractivity contribution is -0.384. The van der Waals surface area contributed by atoms with Crippen LogP contribution in [0.4, 0.5) is 11.4 Å². The molecular weight excluding hydrogens is 286 g/mol. The number of carbonyl (C=O) groups is 1. The summed E-state index contributed by atoms with van der Waals surface area (Å²) >= 11 is 0.994. The number of nitrogens with zero attached hydrogens (tertiary/aromatic N) is 1. The summed E-state index contributed by atoms with van der Waals surface area (Å²) in [5.74, 6) is -1.23. The van der Waals surface area contributed by atoms with Crippen LogP contribution in [-0.2, 0) is 6.54 Å². The molecule has 9 heteroatoms. The predicted octanol–water partition coefficient (Wildman–Crippen LogP) is 1.65. The molecule has 0 saturated carbocycles. The van der Waals surface area contributed by atoms with Gasteiger partial charge in [-0.05, 0) is 12.1 Å². The van der Waals surface area contributed by atoms with E-state index in [4.69, 9.17) is 5.11 Å². The Morgan fingerprint density at radius 3 is 2.80 bits per heavy atom. The fourth-order valence-electron chi connectivity index (χ4n) is 1.56. The number of nitro groups is 1. The van der Waals surface area contributed by atoms with Gasteiger partial charge in [0.2, 0.25) is 0 Å². The van der Waals surface area contributed by atoms with Gasteiger partial charge in [-0.15, -0.1) is 0 Å². The maximum absolute atomic E-state index is 11.0. The highest BCUT2D eigenvalue weighted by atomic mass is 32.1. The molecule has 0 aliphatic heterocycles. The monoisotopic (exact) mass is 295 g/mol. The molecule has 104 valence electrons. The minimum Gasteiger partial charge on any atom is -0.478 e. The van der Waals surface area contributed by atoms with Crippen molar-refractivity contribution in [1.82, 2.24) is 4.98 Å². The molecule has 0 amide bonds. The molecule has 0 spiro atoms. The van der Waals surface area contributed by atoms with Crippen LogP contribution in [0.5, 0.6) is 0 Å². The van der Waals surface area contributed by atoms with Gasteiger partial charge in [-0.2, -0.15) is 0 Å². The minimum absolute atomic E-state index is 0.161. The zero-order valence-electron chi connectivity index (χ0n) is 9.95. The molecule has 0 saturated heterocycles. The Hall–Kier alpha value is -2.68. The molecule has 1 aromatic carbocycles. The number of hydrogen-bond donors (Lipinski definition) is 3. The van der Waals surface area contributed by atoms with Crippen molar-refractivity contribution in [2.45, 2.75) is 6.54 Å². The number of carboxylic acids is 1. The molecule has 8 nitrogen and oxygen atoms in total. The largest absolute Gasteiger partial charge is 0.478 e. The van der Waals surface area contributed by atoms with E-state index < -0.39 is 10.9 Å². The van der Waals surface area contributed by atoms with Gasteiger partial charge in [0.1, 0.15) is 5.69 Å². The quantitative estimate of drug-likeness (QED) is 0.569. The second-order valence-corrected chi connectivity index (χ2v) is 4.66. The number of anilines is 1. The van der Waals surface area contributed by atoms with Crippen LogP contribution in [0, 0.1) is 10.1 Å². The Morgan fingerprint density at radius 1 is 1.50 bits per heavy atom. The number of nitrogens with one attached hydrogen (secondary N) is 2. The van der Waals surface area contributed by atoms with Gasteiger partial charge in [-0.3, -0.25) is 14.9 Å². The highest BCUT2D eigenvalue weighted by Crippen LogP contribution is 2.26. The van der Waals surface area contributed by atoms with Crippen molar-refractivity contribution in [3.8, 4) is 0 Å². The van der Waals surface area contributed by atoms with Gasteiger partial charge in [0.25, 0.3) is 5.69 Å². The number of hydrogen-bond acceptors (Lipinski definition) is 6. The van der Waals surface area contributed by atoms with Crippen molar-refractivity contribution in [2.24, 2.45) is 0 Å². The van der Waals surface area contributed by atoms with Gasteiger partial charge in [0.05, 0.1) is 17.0 Å². The lowest BCUT2D eigenvalue weighted by atomic mass is 10.1. The smallest absolute Gasteiger partial charge is 0.335 e. The van der Waals surface area contributed by atoms with E-state index in [1.165, 1.54) is 12.1 Å². The molecule has 1 heterocycles. The van der Waals surface area contributed by atoms with Gasteiger partial charge in [-0.25, -0.2) is 4.79 Å². The van der Waals surface area contributed by atoms with E-state index in [2.05, 4.69) is 10.3 Å². The Morgan fingerprint density at radius 2 is 2.25 bits per heavy atom. The van der Waals surface area contributed by atoms with Gasteiger partial charge in [0, 0.05) is 17.1 Å². The fourth-order valence-corrected chi connectivity index (χ4v) is 2.14. The first-order valence-electron chi connectivity index (χ1n) is 5.39. The van der Waals surface area contributed by atoms with Crippen molar-refractivity contribution < 1.29 is 14.8 Å². The SMILES string of the molecule is O=C(O)c1ccc(NCc2csc(=O)[nH]2)c([N+](=O)[O-])c1. The minimum atomic E-state index is -1.23. The molecule has 2 rings (SSSR count). The summed E-state index contributed by atoms with van der Waals surface area (Å²) in [6, 6.07) is 3.58. The highest BCUT2D eigenvalue weighted by molar-refractivity contribution is 7.07. The number of aromatic carboxylic acids is 1. The summed E-state index contributed by atoms with van der Waals surface area (Å²) < 4.78 is 0. The summed E-state index contributed by atoms with van der Waals surface area (Å²) in [6.45, 7) is 0.200. The summed E-state index contributed by atoms with van der Waals surface area (Å²) in [4.78, 5) is 34.4. The van der Waals surface area contributed by atoms with E-state index in [0.717, 1.165) is 17.4 Å². The van der Waals surface area contributed by atoms with E-state index in [0.29, 0.717) is 5.69 Å². The summed E-state index contributed by atoms with van der Waals surface area (Å²) in [6.07, 6.45) is 0. The van der Waals surface area contributed by atoms with Crippen LogP contribution in [0.15, 0.2) is 28.4 Å². The summed E-state index contributed by atoms with van der Waals surface area (Å²) in [5, 5.41) is 24.1. The van der Waals surface area contributed by atoms with Crippen LogP contribution in [-0.4, -0.2) is 21.0 Å². The van der Waals surface area contributed by atoms with Crippen molar-refractivity contribution in [2.75, 3.05) is 5.32 Å². The molecule has 2 aromatic rings. The number of aromatic amines is 1. The molecule has 0 fully saturated rings. The average Bonchev–Trinajstić information content (AvgIpc) is 2.81. The zero-order chi connectivity index (χ0) is 14.7. The topological polar surface area (TPSA) is 125 Å². The molecular formula is C11H9N3O5S. The maximum atomic E-state index is 11.0. The average molecular weight is 295 g/mol. The van der Waals surface area contributed by atoms with Crippen molar-refractivity contribution in [3.63, 3.8) is 0 Å². The van der Waals surface area contributed by atoms with Gasteiger partial charge >= 0.3 is 10.8 Å². The molecule has 20 heavy (non-hydrogen) atoms.